The molecule has 0 saturated carbocycles. The zero-order valence-electron chi connectivity index (χ0n) is 10.1. The second-order valence-corrected chi connectivity index (χ2v) is 5.16. The van der Waals surface area contributed by atoms with Gasteiger partial charge in [0.25, 0.3) is 0 Å². The number of ether oxygens (including phenoxy) is 1. The van der Waals surface area contributed by atoms with Gasteiger partial charge in [0, 0.05) is 11.3 Å². The predicted molar refractivity (Wildman–Crippen MR) is 70.4 cm³/mol. The van der Waals surface area contributed by atoms with Crippen LogP contribution in [-0.4, -0.2) is 25.2 Å². The van der Waals surface area contributed by atoms with Gasteiger partial charge in [-0.2, -0.15) is 11.8 Å². The number of nitrogens with one attached hydrogen (secondary N) is 1. The topological polar surface area (TPSA) is 21.3 Å². The van der Waals surface area contributed by atoms with Crippen LogP contribution in [0.15, 0.2) is 18.2 Å². The maximum atomic E-state index is 5.30. The molecule has 0 fully saturated rings. The second kappa shape index (κ2) is 5.11. The fourth-order valence-corrected chi connectivity index (χ4v) is 3.25. The molecule has 0 aliphatic heterocycles. The Morgan fingerprint density at radius 1 is 1.50 bits per heavy atom. The van der Waals surface area contributed by atoms with Crippen LogP contribution in [0.2, 0.25) is 0 Å². The van der Waals surface area contributed by atoms with Gasteiger partial charge in [-0.15, -0.1) is 0 Å². The summed E-state index contributed by atoms with van der Waals surface area (Å²) in [7, 11) is 1.73. The fourth-order valence-electron chi connectivity index (χ4n) is 2.39. The Kier molecular flexibility index (Phi) is 3.77. The maximum Gasteiger partial charge on any atom is 0.119 e. The summed E-state index contributed by atoms with van der Waals surface area (Å²) >= 11 is 1.95. The zero-order chi connectivity index (χ0) is 11.5. The zero-order valence-corrected chi connectivity index (χ0v) is 10.9. The van der Waals surface area contributed by atoms with Crippen molar-refractivity contribution in [2.45, 2.75) is 24.6 Å². The smallest absolute Gasteiger partial charge is 0.119 e. The van der Waals surface area contributed by atoms with Crippen molar-refractivity contribution in [2.75, 3.05) is 19.9 Å². The lowest BCUT2D eigenvalue weighted by molar-refractivity contribution is 0.413. The summed E-state index contributed by atoms with van der Waals surface area (Å²) in [6, 6.07) is 6.92. The van der Waals surface area contributed by atoms with E-state index < -0.39 is 0 Å². The van der Waals surface area contributed by atoms with Crippen LogP contribution < -0.4 is 10.1 Å². The quantitative estimate of drug-likeness (QED) is 0.870. The highest BCUT2D eigenvalue weighted by Crippen LogP contribution is 2.39. The lowest BCUT2D eigenvalue weighted by Gasteiger charge is -2.19. The van der Waals surface area contributed by atoms with Crippen molar-refractivity contribution in [1.82, 2.24) is 5.32 Å². The van der Waals surface area contributed by atoms with Crippen molar-refractivity contribution in [1.29, 1.82) is 0 Å². The minimum Gasteiger partial charge on any atom is -0.497 e. The largest absolute Gasteiger partial charge is 0.497 e. The third kappa shape index (κ3) is 2.06. The molecule has 2 unspecified atom stereocenters. The molecule has 16 heavy (non-hydrogen) atoms. The van der Waals surface area contributed by atoms with Crippen LogP contribution in [0.25, 0.3) is 0 Å². The molecule has 2 nitrogen and oxygen atoms in total. The summed E-state index contributed by atoms with van der Waals surface area (Å²) in [6.45, 7) is 3.17. The summed E-state index contributed by atoms with van der Waals surface area (Å²) in [6.07, 6.45) is 3.36. The number of thioether (sulfide) groups is 1. The van der Waals surface area contributed by atoms with Crippen LogP contribution in [-0.2, 0) is 6.42 Å². The number of fused-ring (bicyclic) bond motifs is 1. The number of hydrogen-bond donors (Lipinski definition) is 1. The third-order valence-corrected chi connectivity index (χ3v) is 4.25. The highest BCUT2D eigenvalue weighted by atomic mass is 32.2. The number of methoxy groups -OCH3 is 1. The van der Waals surface area contributed by atoms with Crippen LogP contribution in [0, 0.1) is 0 Å². The van der Waals surface area contributed by atoms with Crippen molar-refractivity contribution < 1.29 is 4.74 Å². The highest BCUT2D eigenvalue weighted by molar-refractivity contribution is 7.99. The van der Waals surface area contributed by atoms with E-state index in [0.717, 1.165) is 18.7 Å². The summed E-state index contributed by atoms with van der Waals surface area (Å²) < 4.78 is 5.30. The van der Waals surface area contributed by atoms with Gasteiger partial charge in [0.2, 0.25) is 0 Å². The van der Waals surface area contributed by atoms with Gasteiger partial charge in [-0.3, -0.25) is 0 Å². The van der Waals surface area contributed by atoms with Gasteiger partial charge in [-0.25, -0.2) is 0 Å². The fraction of sp³-hybridized carbons (Fsp3) is 0.538. The van der Waals surface area contributed by atoms with Gasteiger partial charge in [0.05, 0.1) is 7.11 Å². The van der Waals surface area contributed by atoms with Gasteiger partial charge in [-0.1, -0.05) is 13.0 Å². The Labute approximate surface area is 102 Å². The Morgan fingerprint density at radius 2 is 2.31 bits per heavy atom. The molecule has 2 rings (SSSR count). The van der Waals surface area contributed by atoms with Crippen molar-refractivity contribution in [2.24, 2.45) is 0 Å². The number of hydrogen-bond acceptors (Lipinski definition) is 3. The van der Waals surface area contributed by atoms with Gasteiger partial charge in [-0.05, 0) is 42.5 Å². The molecule has 0 radical (unpaired) electrons. The second-order valence-electron chi connectivity index (χ2n) is 4.08. The lowest BCUT2D eigenvalue weighted by atomic mass is 10.1. The first kappa shape index (κ1) is 11.8. The van der Waals surface area contributed by atoms with E-state index in [1.165, 1.54) is 11.1 Å². The Morgan fingerprint density at radius 3 is 2.94 bits per heavy atom. The summed E-state index contributed by atoms with van der Waals surface area (Å²) in [5.41, 5.74) is 2.88. The molecule has 0 spiro atoms. The normalized spacial score (nSPS) is 23.2. The highest BCUT2D eigenvalue weighted by Gasteiger charge is 2.31. The predicted octanol–water partition coefficient (Wildman–Crippen LogP) is 2.63. The van der Waals surface area contributed by atoms with Gasteiger partial charge < -0.3 is 10.1 Å². The van der Waals surface area contributed by atoms with E-state index in [9.17, 15) is 0 Å². The van der Waals surface area contributed by atoms with Crippen LogP contribution in [0.4, 0.5) is 0 Å². The van der Waals surface area contributed by atoms with Gasteiger partial charge >= 0.3 is 0 Å². The Balaban J connectivity index is 2.31. The summed E-state index contributed by atoms with van der Waals surface area (Å²) in [5, 5.41) is 4.23. The van der Waals surface area contributed by atoms with Crippen molar-refractivity contribution in [3.63, 3.8) is 0 Å². The molecule has 0 bridgehead atoms. The Hall–Kier alpha value is -0.670. The van der Waals surface area contributed by atoms with E-state index in [4.69, 9.17) is 4.74 Å². The molecule has 3 heteroatoms. The SMILES string of the molecule is CCNC1c2cc(OC)ccc2CC1SC. The standard InChI is InChI=1S/C13H19NOS/c1-4-14-13-11-8-10(15-2)6-5-9(11)7-12(13)16-3/h5-6,8,12-14H,4,7H2,1-3H3. The van der Waals surface area contributed by atoms with E-state index in [2.05, 4.69) is 36.7 Å². The third-order valence-electron chi connectivity index (χ3n) is 3.21. The maximum absolute atomic E-state index is 5.30. The van der Waals surface area contributed by atoms with Gasteiger partial charge in [0.15, 0.2) is 0 Å². The molecule has 1 aromatic rings. The molecule has 0 heterocycles. The minimum atomic E-state index is 0.477. The first-order valence-electron chi connectivity index (χ1n) is 5.73. The van der Waals surface area contributed by atoms with Crippen molar-refractivity contribution in [3.8, 4) is 5.75 Å². The molecular formula is C13H19NOS. The summed E-state index contributed by atoms with van der Waals surface area (Å²) in [4.78, 5) is 0. The molecule has 0 saturated heterocycles. The van der Waals surface area contributed by atoms with E-state index in [1.54, 1.807) is 7.11 Å². The van der Waals surface area contributed by atoms with E-state index in [-0.39, 0.29) is 0 Å². The van der Waals surface area contributed by atoms with E-state index in [1.807, 2.05) is 11.8 Å². The molecular weight excluding hydrogens is 218 g/mol. The van der Waals surface area contributed by atoms with E-state index in [0.29, 0.717) is 11.3 Å². The summed E-state index contributed by atoms with van der Waals surface area (Å²) in [5.74, 6) is 0.961. The molecule has 2 atom stereocenters. The van der Waals surface area contributed by atoms with Crippen LogP contribution in [0.3, 0.4) is 0 Å². The molecule has 1 aliphatic rings. The first-order valence-corrected chi connectivity index (χ1v) is 7.02. The van der Waals surface area contributed by atoms with Crippen molar-refractivity contribution >= 4 is 11.8 Å². The molecule has 88 valence electrons. The minimum absolute atomic E-state index is 0.477. The first-order chi connectivity index (χ1) is 7.80. The molecule has 1 aromatic carbocycles. The van der Waals surface area contributed by atoms with E-state index >= 15 is 0 Å². The number of rotatable bonds is 4. The number of benzene rings is 1. The molecule has 1 aliphatic carbocycles. The molecule has 0 amide bonds. The average Bonchev–Trinajstić information content (AvgIpc) is 2.67. The van der Waals surface area contributed by atoms with Gasteiger partial charge in [0.1, 0.15) is 5.75 Å². The monoisotopic (exact) mass is 237 g/mol. The van der Waals surface area contributed by atoms with Crippen LogP contribution in [0.1, 0.15) is 24.1 Å². The van der Waals surface area contributed by atoms with Crippen molar-refractivity contribution in [3.05, 3.63) is 29.3 Å². The lowest BCUT2D eigenvalue weighted by Crippen LogP contribution is -2.26. The van der Waals surface area contributed by atoms with Crippen LogP contribution in [0.5, 0.6) is 5.75 Å². The Bertz CT molecular complexity index is 367. The van der Waals surface area contributed by atoms with Crippen LogP contribution >= 0.6 is 11.8 Å². The molecule has 1 N–H and O–H groups in total. The molecule has 0 aromatic heterocycles. The average molecular weight is 237 g/mol.